The normalized spacial score (nSPS) is 15.4. The number of hydrogen-bond acceptors (Lipinski definition) is 6. The standard InChI is InChI=1S/C23H24N2O5S/c1-13(2)14-6-8-16(9-7-14)25-22(27)17(21(26)24-23(25)31)10-15-11-19(29-4)20(30-5)12-18(15)28-3/h6-13H,1-5H3,(H,24,26,31)/b17-10+. The highest BCUT2D eigenvalue weighted by atomic mass is 32.1. The molecule has 1 heterocycles. The van der Waals surface area contributed by atoms with E-state index in [1.165, 1.54) is 32.3 Å². The Morgan fingerprint density at radius 3 is 2.06 bits per heavy atom. The molecule has 162 valence electrons. The molecule has 7 nitrogen and oxygen atoms in total. The molecule has 0 bridgehead atoms. The maximum Gasteiger partial charge on any atom is 0.270 e. The second kappa shape index (κ2) is 9.18. The highest BCUT2D eigenvalue weighted by Crippen LogP contribution is 2.36. The van der Waals surface area contributed by atoms with Gasteiger partial charge in [-0.25, -0.2) is 0 Å². The second-order valence-corrected chi connectivity index (χ2v) is 7.54. The third-order valence-electron chi connectivity index (χ3n) is 4.96. The largest absolute Gasteiger partial charge is 0.496 e. The molecule has 1 fully saturated rings. The Morgan fingerprint density at radius 2 is 1.52 bits per heavy atom. The van der Waals surface area contributed by atoms with Gasteiger partial charge in [0.05, 0.1) is 27.0 Å². The Balaban J connectivity index is 2.05. The molecule has 2 aromatic rings. The number of hydrogen-bond donors (Lipinski definition) is 1. The van der Waals surface area contributed by atoms with Crippen molar-refractivity contribution in [2.75, 3.05) is 26.2 Å². The Kier molecular flexibility index (Phi) is 6.60. The second-order valence-electron chi connectivity index (χ2n) is 7.15. The summed E-state index contributed by atoms with van der Waals surface area (Å²) in [7, 11) is 4.50. The van der Waals surface area contributed by atoms with Crippen molar-refractivity contribution in [1.29, 1.82) is 0 Å². The maximum atomic E-state index is 13.3. The highest BCUT2D eigenvalue weighted by molar-refractivity contribution is 7.80. The molecule has 2 amide bonds. The molecule has 0 aromatic heterocycles. The van der Waals surface area contributed by atoms with Gasteiger partial charge in [0.1, 0.15) is 11.3 Å². The molecule has 8 heteroatoms. The van der Waals surface area contributed by atoms with Gasteiger partial charge in [0, 0.05) is 11.6 Å². The number of nitrogens with one attached hydrogen (secondary N) is 1. The van der Waals surface area contributed by atoms with Crippen LogP contribution in [-0.2, 0) is 9.59 Å². The lowest BCUT2D eigenvalue weighted by Crippen LogP contribution is -2.54. The molecular formula is C23H24N2O5S. The topological polar surface area (TPSA) is 77.1 Å². The van der Waals surface area contributed by atoms with E-state index in [1.54, 1.807) is 12.1 Å². The van der Waals surface area contributed by atoms with Crippen LogP contribution in [0.5, 0.6) is 17.2 Å². The predicted molar refractivity (Wildman–Crippen MR) is 123 cm³/mol. The van der Waals surface area contributed by atoms with Crippen LogP contribution in [0.1, 0.15) is 30.9 Å². The van der Waals surface area contributed by atoms with Gasteiger partial charge in [-0.2, -0.15) is 0 Å². The van der Waals surface area contributed by atoms with Gasteiger partial charge in [0.15, 0.2) is 16.6 Å². The van der Waals surface area contributed by atoms with Crippen LogP contribution in [0.4, 0.5) is 5.69 Å². The van der Waals surface area contributed by atoms with Crippen molar-refractivity contribution in [2.45, 2.75) is 19.8 Å². The zero-order chi connectivity index (χ0) is 22.7. The SMILES string of the molecule is COc1cc(OC)c(OC)cc1/C=C1\C(=O)NC(=S)N(c2ccc(C(C)C)cc2)C1=O. The van der Waals surface area contributed by atoms with Crippen molar-refractivity contribution in [2.24, 2.45) is 0 Å². The van der Waals surface area contributed by atoms with Crippen LogP contribution in [0.2, 0.25) is 0 Å². The smallest absolute Gasteiger partial charge is 0.270 e. The molecule has 2 aromatic carbocycles. The van der Waals surface area contributed by atoms with Gasteiger partial charge in [-0.05, 0) is 48.0 Å². The molecule has 0 atom stereocenters. The summed E-state index contributed by atoms with van der Waals surface area (Å²) in [6.45, 7) is 4.17. The number of methoxy groups -OCH3 is 3. The van der Waals surface area contributed by atoms with E-state index >= 15 is 0 Å². The van der Waals surface area contributed by atoms with E-state index in [9.17, 15) is 9.59 Å². The number of amides is 2. The van der Waals surface area contributed by atoms with Gasteiger partial charge in [-0.1, -0.05) is 26.0 Å². The minimum atomic E-state index is -0.582. The molecule has 1 saturated heterocycles. The van der Waals surface area contributed by atoms with E-state index in [0.29, 0.717) is 34.4 Å². The monoisotopic (exact) mass is 440 g/mol. The summed E-state index contributed by atoms with van der Waals surface area (Å²) in [5, 5.41) is 2.62. The number of ether oxygens (including phenoxy) is 3. The van der Waals surface area contributed by atoms with Gasteiger partial charge in [0.2, 0.25) is 0 Å². The van der Waals surface area contributed by atoms with Gasteiger partial charge in [-0.15, -0.1) is 0 Å². The van der Waals surface area contributed by atoms with Crippen LogP contribution in [0.3, 0.4) is 0 Å². The van der Waals surface area contributed by atoms with Crippen LogP contribution >= 0.6 is 12.2 Å². The number of nitrogens with zero attached hydrogens (tertiary/aromatic N) is 1. The van der Waals surface area contributed by atoms with Gasteiger partial charge < -0.3 is 14.2 Å². The average molecular weight is 441 g/mol. The molecule has 31 heavy (non-hydrogen) atoms. The zero-order valence-corrected chi connectivity index (χ0v) is 18.8. The summed E-state index contributed by atoms with van der Waals surface area (Å²) in [5.74, 6) is 0.576. The minimum absolute atomic E-state index is 0.0312. The summed E-state index contributed by atoms with van der Waals surface area (Å²) >= 11 is 5.27. The number of carbonyl (C=O) groups is 2. The van der Waals surface area contributed by atoms with Crippen LogP contribution in [-0.4, -0.2) is 38.3 Å². The molecule has 1 aliphatic rings. The van der Waals surface area contributed by atoms with Gasteiger partial charge in [0.25, 0.3) is 11.8 Å². The molecule has 0 aliphatic carbocycles. The summed E-state index contributed by atoms with van der Waals surface area (Å²) in [6.07, 6.45) is 1.45. The van der Waals surface area contributed by atoms with Crippen molar-refractivity contribution in [3.8, 4) is 17.2 Å². The van der Waals surface area contributed by atoms with Crippen molar-refractivity contribution in [3.05, 3.63) is 53.1 Å². The Hall–Kier alpha value is -3.39. The first kappa shape index (κ1) is 22.3. The number of benzene rings is 2. The van der Waals surface area contributed by atoms with E-state index in [4.69, 9.17) is 26.4 Å². The lowest BCUT2D eigenvalue weighted by Gasteiger charge is -2.29. The first-order valence-corrected chi connectivity index (χ1v) is 10.0. The van der Waals surface area contributed by atoms with Crippen LogP contribution in [0.25, 0.3) is 6.08 Å². The molecule has 1 N–H and O–H groups in total. The molecule has 0 unspecified atom stereocenters. The Morgan fingerprint density at radius 1 is 0.935 bits per heavy atom. The first-order chi connectivity index (χ1) is 14.8. The van der Waals surface area contributed by atoms with Crippen LogP contribution in [0.15, 0.2) is 42.0 Å². The first-order valence-electron chi connectivity index (χ1n) is 9.62. The molecule has 3 rings (SSSR count). The lowest BCUT2D eigenvalue weighted by atomic mass is 10.0. The molecule has 1 aliphatic heterocycles. The van der Waals surface area contributed by atoms with E-state index < -0.39 is 11.8 Å². The van der Waals surface area contributed by atoms with Gasteiger partial charge in [-0.3, -0.25) is 19.8 Å². The van der Waals surface area contributed by atoms with E-state index in [-0.39, 0.29) is 10.7 Å². The third kappa shape index (κ3) is 4.39. The fourth-order valence-electron chi connectivity index (χ4n) is 3.22. The van der Waals surface area contributed by atoms with Crippen molar-refractivity contribution < 1.29 is 23.8 Å². The molecular weight excluding hydrogens is 416 g/mol. The minimum Gasteiger partial charge on any atom is -0.496 e. The average Bonchev–Trinajstić information content (AvgIpc) is 2.76. The molecule has 0 saturated carbocycles. The summed E-state index contributed by atoms with van der Waals surface area (Å²) < 4.78 is 16.0. The highest BCUT2D eigenvalue weighted by Gasteiger charge is 2.34. The maximum absolute atomic E-state index is 13.3. The number of anilines is 1. The van der Waals surface area contributed by atoms with Crippen molar-refractivity contribution in [1.82, 2.24) is 5.32 Å². The third-order valence-corrected chi connectivity index (χ3v) is 5.24. The Bertz CT molecular complexity index is 1060. The summed E-state index contributed by atoms with van der Waals surface area (Å²) in [4.78, 5) is 27.2. The van der Waals surface area contributed by atoms with E-state index in [2.05, 4.69) is 19.2 Å². The fraction of sp³-hybridized carbons (Fsp3) is 0.261. The van der Waals surface area contributed by atoms with Crippen molar-refractivity contribution >= 4 is 40.9 Å². The van der Waals surface area contributed by atoms with Crippen LogP contribution in [0, 0.1) is 0 Å². The fourth-order valence-corrected chi connectivity index (χ4v) is 3.50. The van der Waals surface area contributed by atoms with E-state index in [1.807, 2.05) is 24.3 Å². The Labute approximate surface area is 186 Å². The summed E-state index contributed by atoms with van der Waals surface area (Å²) in [6, 6.07) is 10.8. The number of carbonyl (C=O) groups excluding carboxylic acids is 2. The summed E-state index contributed by atoms with van der Waals surface area (Å²) in [5.41, 5.74) is 2.12. The number of thiocarbonyl (C=S) groups is 1. The quantitative estimate of drug-likeness (QED) is 0.420. The molecule has 0 radical (unpaired) electrons. The van der Waals surface area contributed by atoms with Crippen LogP contribution < -0.4 is 24.4 Å². The van der Waals surface area contributed by atoms with E-state index in [0.717, 1.165) is 5.56 Å². The molecule has 0 spiro atoms. The lowest BCUT2D eigenvalue weighted by molar-refractivity contribution is -0.122. The van der Waals surface area contributed by atoms with Gasteiger partial charge >= 0.3 is 0 Å². The number of rotatable bonds is 6. The van der Waals surface area contributed by atoms with Crippen molar-refractivity contribution in [3.63, 3.8) is 0 Å². The zero-order valence-electron chi connectivity index (χ0n) is 18.0. The predicted octanol–water partition coefficient (Wildman–Crippen LogP) is 3.67.